The number of nitro groups is 1. The summed E-state index contributed by atoms with van der Waals surface area (Å²) in [6.07, 6.45) is -3.91. The van der Waals surface area contributed by atoms with Crippen LogP contribution in [0.3, 0.4) is 0 Å². The van der Waals surface area contributed by atoms with E-state index in [-0.39, 0.29) is 29.2 Å². The maximum Gasteiger partial charge on any atom is 0.573 e. The van der Waals surface area contributed by atoms with Gasteiger partial charge < -0.3 is 15.4 Å². The zero-order valence-corrected chi connectivity index (χ0v) is 16.2. The molecular weight excluding hydrogens is 431 g/mol. The summed E-state index contributed by atoms with van der Waals surface area (Å²) in [6, 6.07) is 7.68. The number of carbonyl (C=O) groups excluding carboxylic acids is 1. The molecule has 0 atom stereocenters. The molecule has 0 aromatic heterocycles. The first-order valence-corrected chi connectivity index (χ1v) is 10.1. The van der Waals surface area contributed by atoms with Crippen LogP contribution in [-0.2, 0) is 9.84 Å². The Bertz CT molecular complexity index is 1040. The lowest BCUT2D eigenvalue weighted by atomic mass is 10.2. The van der Waals surface area contributed by atoms with Crippen molar-refractivity contribution in [2.45, 2.75) is 11.3 Å². The molecule has 1 amide bonds. The third kappa shape index (κ3) is 6.62. The number of anilines is 1. The van der Waals surface area contributed by atoms with Crippen molar-refractivity contribution in [2.24, 2.45) is 0 Å². The smallest absolute Gasteiger partial charge is 0.406 e. The molecule has 2 aromatic carbocycles. The molecule has 13 heteroatoms. The average Bonchev–Trinajstić information content (AvgIpc) is 2.63. The highest BCUT2D eigenvalue weighted by Crippen LogP contribution is 2.27. The van der Waals surface area contributed by atoms with Gasteiger partial charge in [0.1, 0.15) is 11.4 Å². The van der Waals surface area contributed by atoms with E-state index in [2.05, 4.69) is 15.4 Å². The van der Waals surface area contributed by atoms with Crippen molar-refractivity contribution in [1.29, 1.82) is 0 Å². The minimum absolute atomic E-state index is 0.0324. The van der Waals surface area contributed by atoms with Crippen LogP contribution in [0.1, 0.15) is 10.4 Å². The number of nitrogens with one attached hydrogen (secondary N) is 2. The SMILES string of the molecule is CS(=O)(=O)c1ccc(NCCNC(=O)c2ccc(OC(F)(F)F)cc2)c([N+](=O)[O-])c1. The minimum Gasteiger partial charge on any atom is -0.406 e. The van der Waals surface area contributed by atoms with Crippen molar-refractivity contribution in [3.63, 3.8) is 0 Å². The average molecular weight is 447 g/mol. The Kier molecular flexibility index (Phi) is 6.87. The van der Waals surface area contributed by atoms with E-state index in [0.29, 0.717) is 0 Å². The van der Waals surface area contributed by atoms with Gasteiger partial charge in [-0.05, 0) is 36.4 Å². The molecule has 0 saturated carbocycles. The quantitative estimate of drug-likeness (QED) is 0.362. The lowest BCUT2D eigenvalue weighted by Crippen LogP contribution is -2.28. The second-order valence-corrected chi connectivity index (χ2v) is 7.98. The van der Waals surface area contributed by atoms with Gasteiger partial charge in [-0.1, -0.05) is 0 Å². The van der Waals surface area contributed by atoms with Crippen LogP contribution in [0, 0.1) is 10.1 Å². The highest BCUT2D eigenvalue weighted by Gasteiger charge is 2.31. The molecule has 0 aliphatic heterocycles. The van der Waals surface area contributed by atoms with E-state index in [4.69, 9.17) is 0 Å². The maximum atomic E-state index is 12.1. The highest BCUT2D eigenvalue weighted by molar-refractivity contribution is 7.90. The van der Waals surface area contributed by atoms with Crippen LogP contribution < -0.4 is 15.4 Å². The van der Waals surface area contributed by atoms with Crippen LogP contribution in [0.2, 0.25) is 0 Å². The highest BCUT2D eigenvalue weighted by atomic mass is 32.2. The van der Waals surface area contributed by atoms with E-state index in [0.717, 1.165) is 36.6 Å². The third-order valence-corrected chi connectivity index (χ3v) is 4.78. The number of carbonyl (C=O) groups is 1. The van der Waals surface area contributed by atoms with Gasteiger partial charge in [0.15, 0.2) is 9.84 Å². The van der Waals surface area contributed by atoms with Gasteiger partial charge in [-0.2, -0.15) is 0 Å². The predicted octanol–water partition coefficient (Wildman–Crippen LogP) is 2.74. The molecule has 0 saturated heterocycles. The molecule has 0 spiro atoms. The lowest BCUT2D eigenvalue weighted by Gasteiger charge is -2.10. The Labute approximate surface area is 168 Å². The van der Waals surface area contributed by atoms with Gasteiger partial charge in [-0.15, -0.1) is 13.2 Å². The Hall–Kier alpha value is -3.35. The molecule has 162 valence electrons. The van der Waals surface area contributed by atoms with Gasteiger partial charge >= 0.3 is 6.36 Å². The van der Waals surface area contributed by atoms with Gasteiger partial charge in [0.2, 0.25) is 0 Å². The molecule has 0 radical (unpaired) electrons. The minimum atomic E-state index is -4.84. The molecule has 0 aliphatic carbocycles. The molecular formula is C17H16F3N3O6S. The van der Waals surface area contributed by atoms with Gasteiger partial charge in [-0.3, -0.25) is 14.9 Å². The number of benzene rings is 2. The number of sulfone groups is 1. The summed E-state index contributed by atoms with van der Waals surface area (Å²) in [6.45, 7) is 0.102. The van der Waals surface area contributed by atoms with E-state index < -0.39 is 38.5 Å². The molecule has 9 nitrogen and oxygen atoms in total. The summed E-state index contributed by atoms with van der Waals surface area (Å²) < 4.78 is 63.1. The van der Waals surface area contributed by atoms with Gasteiger partial charge in [0.05, 0.1) is 9.82 Å². The molecule has 30 heavy (non-hydrogen) atoms. The van der Waals surface area contributed by atoms with Crippen molar-refractivity contribution in [1.82, 2.24) is 5.32 Å². The number of hydrogen-bond donors (Lipinski definition) is 2. The number of rotatable bonds is 8. The van der Waals surface area contributed by atoms with Crippen LogP contribution in [-0.4, -0.2) is 45.0 Å². The number of halogens is 3. The molecule has 2 N–H and O–H groups in total. The van der Waals surface area contributed by atoms with Crippen molar-refractivity contribution >= 4 is 27.1 Å². The second-order valence-electron chi connectivity index (χ2n) is 5.96. The van der Waals surface area contributed by atoms with E-state index >= 15 is 0 Å². The summed E-state index contributed by atoms with van der Waals surface area (Å²) in [7, 11) is -3.62. The normalized spacial score (nSPS) is 11.6. The van der Waals surface area contributed by atoms with Crippen molar-refractivity contribution < 1.29 is 36.0 Å². The van der Waals surface area contributed by atoms with Crippen molar-refractivity contribution in [3.05, 3.63) is 58.1 Å². The van der Waals surface area contributed by atoms with E-state index in [1.54, 1.807) is 0 Å². The Morgan fingerprint density at radius 3 is 2.30 bits per heavy atom. The first kappa shape index (κ1) is 22.9. The van der Waals surface area contributed by atoms with Crippen molar-refractivity contribution in [3.8, 4) is 5.75 Å². The molecule has 0 heterocycles. The van der Waals surface area contributed by atoms with Crippen LogP contribution in [0.15, 0.2) is 47.4 Å². The largest absolute Gasteiger partial charge is 0.573 e. The Balaban J connectivity index is 1.93. The summed E-state index contributed by atoms with van der Waals surface area (Å²) in [5, 5.41) is 16.4. The lowest BCUT2D eigenvalue weighted by molar-refractivity contribution is -0.384. The topological polar surface area (TPSA) is 128 Å². The zero-order valence-electron chi connectivity index (χ0n) is 15.4. The monoisotopic (exact) mass is 447 g/mol. The predicted molar refractivity (Wildman–Crippen MR) is 100 cm³/mol. The number of amides is 1. The molecule has 0 bridgehead atoms. The molecule has 0 unspecified atom stereocenters. The summed E-state index contributed by atoms with van der Waals surface area (Å²) in [5.41, 5.74) is -0.284. The summed E-state index contributed by atoms with van der Waals surface area (Å²) in [4.78, 5) is 22.2. The molecule has 2 rings (SSSR count). The van der Waals surface area contributed by atoms with E-state index in [1.807, 2.05) is 0 Å². The number of nitro benzene ring substituents is 1. The fourth-order valence-corrected chi connectivity index (χ4v) is 2.97. The Morgan fingerprint density at radius 2 is 1.77 bits per heavy atom. The first-order chi connectivity index (χ1) is 13.9. The van der Waals surface area contributed by atoms with Crippen LogP contribution >= 0.6 is 0 Å². The van der Waals surface area contributed by atoms with E-state index in [1.165, 1.54) is 12.1 Å². The maximum absolute atomic E-state index is 12.1. The summed E-state index contributed by atoms with van der Waals surface area (Å²) >= 11 is 0. The standard InChI is InChI=1S/C17H16F3N3O6S/c1-30(27,28)13-6-7-14(15(10-13)23(25)26)21-8-9-22-16(24)11-2-4-12(5-3-11)29-17(18,19)20/h2-7,10,21H,8-9H2,1H3,(H,22,24). The molecule has 2 aromatic rings. The number of nitrogens with zero attached hydrogens (tertiary/aromatic N) is 1. The number of alkyl halides is 3. The van der Waals surface area contributed by atoms with Crippen molar-refractivity contribution in [2.75, 3.05) is 24.7 Å². The van der Waals surface area contributed by atoms with Gasteiger partial charge in [-0.25, -0.2) is 8.42 Å². The number of ether oxygens (including phenoxy) is 1. The van der Waals surface area contributed by atoms with Gasteiger partial charge in [0, 0.05) is 31.0 Å². The van der Waals surface area contributed by atoms with E-state index in [9.17, 15) is 36.5 Å². The van der Waals surface area contributed by atoms with Crippen LogP contribution in [0.25, 0.3) is 0 Å². The molecule has 0 fully saturated rings. The van der Waals surface area contributed by atoms with Crippen LogP contribution in [0.5, 0.6) is 5.75 Å². The third-order valence-electron chi connectivity index (χ3n) is 3.67. The number of hydrogen-bond acceptors (Lipinski definition) is 7. The first-order valence-electron chi connectivity index (χ1n) is 8.23. The second kappa shape index (κ2) is 8.98. The molecule has 0 aliphatic rings. The van der Waals surface area contributed by atoms with Gasteiger partial charge in [0.25, 0.3) is 11.6 Å². The fourth-order valence-electron chi connectivity index (χ4n) is 2.33. The zero-order chi connectivity index (χ0) is 22.5. The van der Waals surface area contributed by atoms with Crippen LogP contribution in [0.4, 0.5) is 24.5 Å². The summed E-state index contributed by atoms with van der Waals surface area (Å²) in [5.74, 6) is -1.04. The fraction of sp³-hybridized carbons (Fsp3) is 0.235. The Morgan fingerprint density at radius 1 is 1.13 bits per heavy atom.